The Hall–Kier alpha value is -1.92. The van der Waals surface area contributed by atoms with E-state index in [1.165, 1.54) is 7.11 Å². The molecule has 90 valence electrons. The topological polar surface area (TPSA) is 89.8 Å². The van der Waals surface area contributed by atoms with Crippen LogP contribution in [0.25, 0.3) is 5.52 Å². The standard InChI is InChI=1S/C11H13N3O3/c1-17-11(16)9-7-4-2-3-5-14(7)10(13-9)8(15)6-12/h2-5,8,15H,6,12H2,1H3. The van der Waals surface area contributed by atoms with Crippen LogP contribution in [0.3, 0.4) is 0 Å². The fourth-order valence-electron chi connectivity index (χ4n) is 1.65. The van der Waals surface area contributed by atoms with Gasteiger partial charge in [0.25, 0.3) is 0 Å². The molecule has 2 aromatic rings. The summed E-state index contributed by atoms with van der Waals surface area (Å²) >= 11 is 0. The van der Waals surface area contributed by atoms with Crippen LogP contribution < -0.4 is 5.73 Å². The first-order valence-corrected chi connectivity index (χ1v) is 5.12. The molecule has 0 fully saturated rings. The summed E-state index contributed by atoms with van der Waals surface area (Å²) in [4.78, 5) is 15.6. The smallest absolute Gasteiger partial charge is 0.358 e. The predicted octanol–water partition coefficient (Wildman–Crippen LogP) is 0.113. The quantitative estimate of drug-likeness (QED) is 0.737. The number of rotatable bonds is 3. The zero-order valence-electron chi connectivity index (χ0n) is 9.33. The van der Waals surface area contributed by atoms with Gasteiger partial charge in [0, 0.05) is 12.7 Å². The summed E-state index contributed by atoms with van der Waals surface area (Å²) in [5, 5.41) is 9.73. The minimum Gasteiger partial charge on any atom is -0.464 e. The number of aliphatic hydroxyl groups is 1. The molecule has 2 rings (SSSR count). The van der Waals surface area contributed by atoms with Gasteiger partial charge in [0.1, 0.15) is 11.9 Å². The lowest BCUT2D eigenvalue weighted by molar-refractivity contribution is 0.0596. The number of ether oxygens (including phenoxy) is 1. The highest BCUT2D eigenvalue weighted by Gasteiger charge is 2.20. The van der Waals surface area contributed by atoms with Crippen LogP contribution in [-0.2, 0) is 4.74 Å². The van der Waals surface area contributed by atoms with Crippen molar-refractivity contribution in [2.45, 2.75) is 6.10 Å². The van der Waals surface area contributed by atoms with Crippen molar-refractivity contribution in [2.75, 3.05) is 13.7 Å². The number of carbonyl (C=O) groups excluding carboxylic acids is 1. The molecule has 2 aromatic heterocycles. The maximum absolute atomic E-state index is 11.5. The molecule has 1 atom stereocenters. The Bertz CT molecular complexity index is 550. The summed E-state index contributed by atoms with van der Waals surface area (Å²) in [6, 6.07) is 5.29. The third-order valence-corrected chi connectivity index (χ3v) is 2.48. The van der Waals surface area contributed by atoms with E-state index in [4.69, 9.17) is 5.73 Å². The molecule has 0 aliphatic heterocycles. The van der Waals surface area contributed by atoms with Crippen LogP contribution in [0.2, 0.25) is 0 Å². The van der Waals surface area contributed by atoms with Crippen LogP contribution >= 0.6 is 0 Å². The Kier molecular flexibility index (Phi) is 3.08. The van der Waals surface area contributed by atoms with Crippen molar-refractivity contribution in [1.82, 2.24) is 9.38 Å². The lowest BCUT2D eigenvalue weighted by Crippen LogP contribution is -2.14. The highest BCUT2D eigenvalue weighted by Crippen LogP contribution is 2.18. The van der Waals surface area contributed by atoms with Crippen LogP contribution in [0, 0.1) is 0 Å². The highest BCUT2D eigenvalue weighted by atomic mass is 16.5. The van der Waals surface area contributed by atoms with Gasteiger partial charge in [0.05, 0.1) is 12.6 Å². The fraction of sp³-hybridized carbons (Fsp3) is 0.273. The number of pyridine rings is 1. The van der Waals surface area contributed by atoms with Gasteiger partial charge in [-0.05, 0) is 12.1 Å². The van der Waals surface area contributed by atoms with Crippen molar-refractivity contribution in [1.29, 1.82) is 0 Å². The number of aromatic nitrogens is 2. The molecule has 2 heterocycles. The Labute approximate surface area is 97.6 Å². The number of hydrogen-bond donors (Lipinski definition) is 2. The molecule has 0 aromatic carbocycles. The molecule has 0 spiro atoms. The molecule has 6 heteroatoms. The minimum atomic E-state index is -0.914. The normalized spacial score (nSPS) is 12.6. The van der Waals surface area contributed by atoms with Crippen LogP contribution in [0.4, 0.5) is 0 Å². The molecule has 0 aliphatic rings. The lowest BCUT2D eigenvalue weighted by Gasteiger charge is -2.05. The van der Waals surface area contributed by atoms with Gasteiger partial charge in [-0.15, -0.1) is 0 Å². The third kappa shape index (κ3) is 1.88. The maximum Gasteiger partial charge on any atom is 0.358 e. The van der Waals surface area contributed by atoms with E-state index < -0.39 is 12.1 Å². The van der Waals surface area contributed by atoms with E-state index in [0.29, 0.717) is 11.3 Å². The van der Waals surface area contributed by atoms with Crippen molar-refractivity contribution in [2.24, 2.45) is 5.73 Å². The van der Waals surface area contributed by atoms with Crippen LogP contribution in [0.5, 0.6) is 0 Å². The monoisotopic (exact) mass is 235 g/mol. The summed E-state index contributed by atoms with van der Waals surface area (Å²) in [6.45, 7) is 0.0363. The van der Waals surface area contributed by atoms with E-state index in [-0.39, 0.29) is 12.2 Å². The van der Waals surface area contributed by atoms with Crippen molar-refractivity contribution in [3.05, 3.63) is 35.9 Å². The van der Waals surface area contributed by atoms with Crippen molar-refractivity contribution in [3.63, 3.8) is 0 Å². The number of imidazole rings is 1. The summed E-state index contributed by atoms with van der Waals surface area (Å²) < 4.78 is 6.27. The van der Waals surface area contributed by atoms with Gasteiger partial charge in [-0.1, -0.05) is 6.07 Å². The maximum atomic E-state index is 11.5. The van der Waals surface area contributed by atoms with E-state index in [1.54, 1.807) is 28.8 Å². The van der Waals surface area contributed by atoms with E-state index in [1.807, 2.05) is 0 Å². The van der Waals surface area contributed by atoms with E-state index in [0.717, 1.165) is 0 Å². The molecule has 1 unspecified atom stereocenters. The van der Waals surface area contributed by atoms with Crippen LogP contribution in [0.1, 0.15) is 22.4 Å². The summed E-state index contributed by atoms with van der Waals surface area (Å²) in [5.74, 6) is -0.201. The first kappa shape index (κ1) is 11.6. The van der Waals surface area contributed by atoms with Crippen LogP contribution in [0.15, 0.2) is 24.4 Å². The largest absolute Gasteiger partial charge is 0.464 e. The zero-order valence-corrected chi connectivity index (χ0v) is 9.33. The summed E-state index contributed by atoms with van der Waals surface area (Å²) in [5.41, 5.74) is 6.15. The number of carbonyl (C=O) groups is 1. The molecule has 6 nitrogen and oxygen atoms in total. The zero-order chi connectivity index (χ0) is 12.4. The van der Waals surface area contributed by atoms with Gasteiger partial charge in [-0.3, -0.25) is 0 Å². The minimum absolute atomic E-state index is 0.0363. The lowest BCUT2D eigenvalue weighted by atomic mass is 10.3. The van der Waals surface area contributed by atoms with E-state index >= 15 is 0 Å². The Balaban J connectivity index is 2.66. The second-order valence-electron chi connectivity index (χ2n) is 3.52. The second kappa shape index (κ2) is 4.52. The number of nitrogens with two attached hydrogens (primary N) is 1. The van der Waals surface area contributed by atoms with Crippen molar-refractivity contribution >= 4 is 11.5 Å². The van der Waals surface area contributed by atoms with E-state index in [2.05, 4.69) is 9.72 Å². The van der Waals surface area contributed by atoms with E-state index in [9.17, 15) is 9.90 Å². The molecular formula is C11H13N3O3. The summed E-state index contributed by atoms with van der Waals surface area (Å²) in [6.07, 6.45) is 0.798. The van der Waals surface area contributed by atoms with Gasteiger partial charge < -0.3 is 20.0 Å². The molecule has 0 aliphatic carbocycles. The molecule has 3 N–H and O–H groups in total. The van der Waals surface area contributed by atoms with Gasteiger partial charge in [0.15, 0.2) is 5.69 Å². The van der Waals surface area contributed by atoms with Gasteiger partial charge in [0.2, 0.25) is 0 Å². The average molecular weight is 235 g/mol. The first-order chi connectivity index (χ1) is 8.19. The fourth-order valence-corrected chi connectivity index (χ4v) is 1.65. The van der Waals surface area contributed by atoms with Crippen molar-refractivity contribution < 1.29 is 14.6 Å². The number of nitrogens with zero attached hydrogens (tertiary/aromatic N) is 2. The van der Waals surface area contributed by atoms with Crippen LogP contribution in [-0.4, -0.2) is 34.1 Å². The van der Waals surface area contributed by atoms with Crippen molar-refractivity contribution in [3.8, 4) is 0 Å². The van der Waals surface area contributed by atoms with Gasteiger partial charge in [-0.2, -0.15) is 0 Å². The SMILES string of the molecule is COC(=O)c1nc(C(O)CN)n2ccccc12. The average Bonchev–Trinajstić information content (AvgIpc) is 2.76. The Morgan fingerprint density at radius 2 is 2.41 bits per heavy atom. The predicted molar refractivity (Wildman–Crippen MR) is 60.5 cm³/mol. The third-order valence-electron chi connectivity index (χ3n) is 2.48. The summed E-state index contributed by atoms with van der Waals surface area (Å²) in [7, 11) is 1.29. The highest BCUT2D eigenvalue weighted by molar-refractivity contribution is 5.95. The Morgan fingerprint density at radius 3 is 3.06 bits per heavy atom. The molecule has 0 saturated carbocycles. The molecule has 0 radical (unpaired) electrons. The molecule has 0 amide bonds. The number of fused-ring (bicyclic) bond motifs is 1. The number of methoxy groups -OCH3 is 1. The molecular weight excluding hydrogens is 222 g/mol. The number of esters is 1. The Morgan fingerprint density at radius 1 is 1.65 bits per heavy atom. The second-order valence-corrected chi connectivity index (χ2v) is 3.52. The molecule has 17 heavy (non-hydrogen) atoms. The molecule has 0 saturated heterocycles. The molecule has 0 bridgehead atoms. The number of aliphatic hydroxyl groups excluding tert-OH is 1. The first-order valence-electron chi connectivity index (χ1n) is 5.12. The van der Waals surface area contributed by atoms with Gasteiger partial charge >= 0.3 is 5.97 Å². The van der Waals surface area contributed by atoms with Gasteiger partial charge in [-0.25, -0.2) is 9.78 Å². The number of hydrogen-bond acceptors (Lipinski definition) is 5.